The molecule has 0 bridgehead atoms. The molecule has 164 valence electrons. The summed E-state index contributed by atoms with van der Waals surface area (Å²) in [5.41, 5.74) is 1.46. The molecule has 2 aromatic carbocycles. The molecule has 0 aliphatic rings. The first-order valence-electron chi connectivity index (χ1n) is 9.27. The molecule has 4 rings (SSSR count). The molecule has 32 heavy (non-hydrogen) atoms. The fraction of sp³-hybridized carbons (Fsp3) is 0.0952. The first kappa shape index (κ1) is 22.5. The second-order valence-electron chi connectivity index (χ2n) is 6.65. The number of hydrogen-bond donors (Lipinski definition) is 1. The summed E-state index contributed by atoms with van der Waals surface area (Å²) in [5.74, 6) is -0.0433. The zero-order chi connectivity index (χ0) is 22.7. The Hall–Kier alpha value is -2.71. The summed E-state index contributed by atoms with van der Waals surface area (Å²) in [7, 11) is 0. The number of benzene rings is 2. The molecule has 0 saturated carbocycles. The summed E-state index contributed by atoms with van der Waals surface area (Å²) in [6.07, 6.45) is 4.82. The SMILES string of the molecule is O=C(Nc1cnn(Cc2c(Cl)cccc2Cl)c1)c1ccn(COc2c(Cl)cccc2Cl)n1. The first-order valence-corrected chi connectivity index (χ1v) is 10.8. The van der Waals surface area contributed by atoms with Gasteiger partial charge in [-0.15, -0.1) is 0 Å². The Bertz CT molecular complexity index is 1230. The van der Waals surface area contributed by atoms with E-state index in [-0.39, 0.29) is 12.4 Å². The predicted octanol–water partition coefficient (Wildman–Crippen LogP) is 6.03. The highest BCUT2D eigenvalue weighted by molar-refractivity contribution is 6.37. The molecule has 0 fully saturated rings. The van der Waals surface area contributed by atoms with Gasteiger partial charge in [0.1, 0.15) is 0 Å². The highest BCUT2D eigenvalue weighted by Crippen LogP contribution is 2.32. The quantitative estimate of drug-likeness (QED) is 0.329. The molecule has 4 aromatic rings. The Labute approximate surface area is 203 Å². The van der Waals surface area contributed by atoms with Gasteiger partial charge in [-0.3, -0.25) is 9.48 Å². The van der Waals surface area contributed by atoms with Gasteiger partial charge in [0, 0.05) is 28.0 Å². The maximum Gasteiger partial charge on any atom is 0.276 e. The fourth-order valence-electron chi connectivity index (χ4n) is 2.86. The van der Waals surface area contributed by atoms with Gasteiger partial charge < -0.3 is 10.1 Å². The van der Waals surface area contributed by atoms with Crippen LogP contribution in [0.3, 0.4) is 0 Å². The highest BCUT2D eigenvalue weighted by atomic mass is 35.5. The van der Waals surface area contributed by atoms with Crippen molar-refractivity contribution in [3.05, 3.63) is 92.4 Å². The number of nitrogens with one attached hydrogen (secondary N) is 1. The van der Waals surface area contributed by atoms with Crippen LogP contribution in [0.4, 0.5) is 5.69 Å². The van der Waals surface area contributed by atoms with Crippen LogP contribution >= 0.6 is 46.4 Å². The average Bonchev–Trinajstić information content (AvgIpc) is 3.40. The van der Waals surface area contributed by atoms with Crippen LogP contribution < -0.4 is 10.1 Å². The third-order valence-electron chi connectivity index (χ3n) is 4.41. The molecular formula is C21H15Cl4N5O2. The van der Waals surface area contributed by atoms with Crippen molar-refractivity contribution in [1.29, 1.82) is 0 Å². The van der Waals surface area contributed by atoms with Gasteiger partial charge in [-0.05, 0) is 30.3 Å². The predicted molar refractivity (Wildman–Crippen MR) is 125 cm³/mol. The van der Waals surface area contributed by atoms with Gasteiger partial charge in [0.25, 0.3) is 5.91 Å². The second-order valence-corrected chi connectivity index (χ2v) is 8.27. The molecule has 0 unspecified atom stereocenters. The van der Waals surface area contributed by atoms with Crippen molar-refractivity contribution < 1.29 is 9.53 Å². The maximum atomic E-state index is 12.5. The van der Waals surface area contributed by atoms with Crippen LogP contribution in [0.1, 0.15) is 16.1 Å². The molecule has 0 aliphatic carbocycles. The van der Waals surface area contributed by atoms with Gasteiger partial charge in [0.15, 0.2) is 18.2 Å². The smallest absolute Gasteiger partial charge is 0.276 e. The number of anilines is 1. The van der Waals surface area contributed by atoms with Gasteiger partial charge in [0.2, 0.25) is 0 Å². The van der Waals surface area contributed by atoms with E-state index in [0.29, 0.717) is 38.1 Å². The fourth-order valence-corrected chi connectivity index (χ4v) is 3.88. The summed E-state index contributed by atoms with van der Waals surface area (Å²) in [6.45, 7) is 0.401. The van der Waals surface area contributed by atoms with Gasteiger partial charge in [0.05, 0.1) is 28.5 Å². The number of para-hydroxylation sites is 1. The van der Waals surface area contributed by atoms with E-state index in [0.717, 1.165) is 5.56 Å². The van der Waals surface area contributed by atoms with Crippen LogP contribution in [-0.4, -0.2) is 25.5 Å². The summed E-state index contributed by atoms with van der Waals surface area (Å²) in [5, 5.41) is 13.1. The van der Waals surface area contributed by atoms with Crippen molar-refractivity contribution >= 4 is 58.0 Å². The van der Waals surface area contributed by atoms with E-state index in [2.05, 4.69) is 15.5 Å². The Morgan fingerprint density at radius 2 is 1.59 bits per heavy atom. The Kier molecular flexibility index (Phi) is 6.91. The minimum absolute atomic E-state index is 0.0350. The Morgan fingerprint density at radius 3 is 2.28 bits per heavy atom. The summed E-state index contributed by atoms with van der Waals surface area (Å²) in [4.78, 5) is 12.5. The number of ether oxygens (including phenoxy) is 1. The average molecular weight is 511 g/mol. The van der Waals surface area contributed by atoms with Gasteiger partial charge in [-0.25, -0.2) is 4.68 Å². The second kappa shape index (κ2) is 9.83. The zero-order valence-electron chi connectivity index (χ0n) is 16.3. The van der Waals surface area contributed by atoms with E-state index in [4.69, 9.17) is 51.1 Å². The van der Waals surface area contributed by atoms with Crippen LogP contribution in [0.25, 0.3) is 0 Å². The minimum atomic E-state index is -0.394. The number of halogens is 4. The van der Waals surface area contributed by atoms with Crippen molar-refractivity contribution in [2.75, 3.05) is 5.32 Å². The van der Waals surface area contributed by atoms with Gasteiger partial charge >= 0.3 is 0 Å². The number of carbonyl (C=O) groups is 1. The summed E-state index contributed by atoms with van der Waals surface area (Å²) in [6, 6.07) is 11.9. The van der Waals surface area contributed by atoms with E-state index < -0.39 is 5.91 Å². The summed E-state index contributed by atoms with van der Waals surface area (Å²) < 4.78 is 8.70. The van der Waals surface area contributed by atoms with E-state index in [1.54, 1.807) is 59.5 Å². The van der Waals surface area contributed by atoms with E-state index in [1.807, 2.05) is 0 Å². The Morgan fingerprint density at radius 1 is 0.938 bits per heavy atom. The normalized spacial score (nSPS) is 10.9. The standard InChI is InChI=1S/C21H15Cl4N5O2/c22-15-3-1-4-16(23)14(15)11-30-10-13(9-26-30)27-21(31)19-7-8-29(28-19)12-32-20-17(24)5-2-6-18(20)25/h1-10H,11-12H2,(H,27,31). The monoisotopic (exact) mass is 509 g/mol. The maximum absolute atomic E-state index is 12.5. The van der Waals surface area contributed by atoms with Crippen LogP contribution in [0.5, 0.6) is 5.75 Å². The molecule has 2 aromatic heterocycles. The minimum Gasteiger partial charge on any atom is -0.468 e. The van der Waals surface area contributed by atoms with Crippen molar-refractivity contribution in [2.45, 2.75) is 13.3 Å². The third kappa shape index (κ3) is 5.19. The van der Waals surface area contributed by atoms with Crippen LogP contribution in [0.15, 0.2) is 61.1 Å². The number of carbonyl (C=O) groups excluding carboxylic acids is 1. The lowest BCUT2D eigenvalue weighted by atomic mass is 10.2. The lowest BCUT2D eigenvalue weighted by molar-refractivity contribution is 0.102. The molecular weight excluding hydrogens is 496 g/mol. The van der Waals surface area contributed by atoms with E-state index >= 15 is 0 Å². The van der Waals surface area contributed by atoms with Gasteiger partial charge in [-0.1, -0.05) is 58.5 Å². The molecule has 0 radical (unpaired) electrons. The molecule has 0 saturated heterocycles. The van der Waals surface area contributed by atoms with Crippen LogP contribution in [0, 0.1) is 0 Å². The van der Waals surface area contributed by atoms with Crippen molar-refractivity contribution in [1.82, 2.24) is 19.6 Å². The number of amides is 1. The van der Waals surface area contributed by atoms with Crippen LogP contribution in [0.2, 0.25) is 20.1 Å². The number of hydrogen-bond acceptors (Lipinski definition) is 4. The topological polar surface area (TPSA) is 74.0 Å². The molecule has 1 amide bonds. The van der Waals surface area contributed by atoms with E-state index in [9.17, 15) is 4.79 Å². The van der Waals surface area contributed by atoms with Crippen LogP contribution in [-0.2, 0) is 13.3 Å². The number of nitrogens with zero attached hydrogens (tertiary/aromatic N) is 4. The Balaban J connectivity index is 1.37. The first-order chi connectivity index (χ1) is 15.4. The lowest BCUT2D eigenvalue weighted by Crippen LogP contribution is -2.14. The third-order valence-corrected chi connectivity index (χ3v) is 5.71. The van der Waals surface area contributed by atoms with Crippen molar-refractivity contribution in [3.63, 3.8) is 0 Å². The highest BCUT2D eigenvalue weighted by Gasteiger charge is 2.13. The van der Waals surface area contributed by atoms with Crippen molar-refractivity contribution in [2.24, 2.45) is 0 Å². The lowest BCUT2D eigenvalue weighted by Gasteiger charge is -2.09. The van der Waals surface area contributed by atoms with E-state index in [1.165, 1.54) is 10.9 Å². The number of aromatic nitrogens is 4. The molecule has 0 aliphatic heterocycles. The molecule has 0 atom stereocenters. The molecule has 11 heteroatoms. The molecule has 7 nitrogen and oxygen atoms in total. The molecule has 0 spiro atoms. The largest absolute Gasteiger partial charge is 0.468 e. The summed E-state index contributed by atoms with van der Waals surface area (Å²) >= 11 is 24.6. The molecule has 2 heterocycles. The zero-order valence-corrected chi connectivity index (χ0v) is 19.3. The number of rotatable bonds is 7. The van der Waals surface area contributed by atoms with Crippen molar-refractivity contribution in [3.8, 4) is 5.75 Å². The van der Waals surface area contributed by atoms with Gasteiger partial charge in [-0.2, -0.15) is 10.2 Å². The molecule has 1 N–H and O–H groups in total.